The van der Waals surface area contributed by atoms with Crippen molar-refractivity contribution in [2.75, 3.05) is 13.2 Å². The largest absolute Gasteiger partial charge is 0.376 e. The number of hydrogen-bond donors (Lipinski definition) is 2. The van der Waals surface area contributed by atoms with Gasteiger partial charge < -0.3 is 15.8 Å². The van der Waals surface area contributed by atoms with Gasteiger partial charge in [0.05, 0.1) is 22.7 Å². The molecule has 116 valence electrons. The highest BCUT2D eigenvalue weighted by Crippen LogP contribution is 2.20. The molecule has 1 fully saturated rings. The monoisotopic (exact) mass is 358 g/mol. The Balaban J connectivity index is 1.71. The second kappa shape index (κ2) is 7.87. The van der Waals surface area contributed by atoms with E-state index >= 15 is 0 Å². The van der Waals surface area contributed by atoms with Gasteiger partial charge in [0, 0.05) is 12.6 Å². The van der Waals surface area contributed by atoms with Crippen LogP contribution in [0.5, 0.6) is 0 Å². The van der Waals surface area contributed by atoms with Gasteiger partial charge in [-0.2, -0.15) is 0 Å². The molecular weight excluding hydrogens is 339 g/mol. The van der Waals surface area contributed by atoms with Gasteiger partial charge in [0.25, 0.3) is 5.91 Å². The van der Waals surface area contributed by atoms with E-state index in [9.17, 15) is 9.18 Å². The molecule has 21 heavy (non-hydrogen) atoms. The number of ether oxygens (including phenoxy) is 1. The van der Waals surface area contributed by atoms with Crippen molar-refractivity contribution < 1.29 is 13.9 Å². The molecule has 0 radical (unpaired) electrons. The maximum absolute atomic E-state index is 13.7. The molecule has 1 aromatic carbocycles. The summed E-state index contributed by atoms with van der Waals surface area (Å²) in [6.45, 7) is 0.800. The number of benzene rings is 1. The first-order valence-corrected chi connectivity index (χ1v) is 7.96. The fourth-order valence-corrected chi connectivity index (χ4v) is 2.79. The van der Waals surface area contributed by atoms with Crippen LogP contribution in [0.3, 0.4) is 0 Å². The Bertz CT molecular complexity index is 491. The first-order valence-electron chi connectivity index (χ1n) is 7.17. The number of carbonyl (C=O) groups excluding carboxylic acids is 1. The number of carbonyl (C=O) groups is 1. The van der Waals surface area contributed by atoms with Crippen molar-refractivity contribution in [1.82, 2.24) is 5.32 Å². The molecule has 1 aromatic rings. The molecule has 6 heteroatoms. The third kappa shape index (κ3) is 4.76. The number of hydrogen-bond acceptors (Lipinski definition) is 3. The lowest BCUT2D eigenvalue weighted by Gasteiger charge is -2.26. The van der Waals surface area contributed by atoms with Gasteiger partial charge in [-0.1, -0.05) is 6.07 Å². The van der Waals surface area contributed by atoms with E-state index in [0.29, 0.717) is 19.2 Å². The Labute approximate surface area is 132 Å². The highest BCUT2D eigenvalue weighted by molar-refractivity contribution is 9.10. The highest BCUT2D eigenvalue weighted by Gasteiger charge is 2.19. The molecule has 4 nitrogen and oxygen atoms in total. The van der Waals surface area contributed by atoms with Gasteiger partial charge in [-0.15, -0.1) is 0 Å². The minimum atomic E-state index is -0.544. The third-order valence-electron chi connectivity index (χ3n) is 3.66. The van der Waals surface area contributed by atoms with Crippen molar-refractivity contribution in [2.24, 2.45) is 5.73 Å². The average molecular weight is 359 g/mol. The van der Waals surface area contributed by atoms with Crippen LogP contribution in [0.15, 0.2) is 22.7 Å². The van der Waals surface area contributed by atoms with Gasteiger partial charge in [-0.3, -0.25) is 4.79 Å². The van der Waals surface area contributed by atoms with Crippen LogP contribution in [0, 0.1) is 5.82 Å². The van der Waals surface area contributed by atoms with Crippen LogP contribution in [-0.2, 0) is 4.74 Å². The van der Waals surface area contributed by atoms with E-state index in [4.69, 9.17) is 10.5 Å². The van der Waals surface area contributed by atoms with Crippen molar-refractivity contribution in [2.45, 2.75) is 37.8 Å². The van der Waals surface area contributed by atoms with E-state index in [0.717, 1.165) is 25.7 Å². The normalized spacial score (nSPS) is 22.0. The molecule has 2 rings (SSSR count). The van der Waals surface area contributed by atoms with E-state index in [1.165, 1.54) is 6.07 Å². The Morgan fingerprint density at radius 1 is 1.38 bits per heavy atom. The summed E-state index contributed by atoms with van der Waals surface area (Å²) >= 11 is 3.06. The summed E-state index contributed by atoms with van der Waals surface area (Å²) < 4.78 is 19.7. The first kappa shape index (κ1) is 16.4. The number of halogens is 2. The van der Waals surface area contributed by atoms with Gasteiger partial charge in [0.15, 0.2) is 0 Å². The topological polar surface area (TPSA) is 64.3 Å². The Morgan fingerprint density at radius 2 is 2.10 bits per heavy atom. The second-order valence-corrected chi connectivity index (χ2v) is 6.12. The van der Waals surface area contributed by atoms with Crippen LogP contribution in [0.1, 0.15) is 36.0 Å². The minimum absolute atomic E-state index is 0.0352. The van der Waals surface area contributed by atoms with Crippen LogP contribution in [0.2, 0.25) is 0 Å². The van der Waals surface area contributed by atoms with E-state index in [-0.39, 0.29) is 16.1 Å². The van der Waals surface area contributed by atoms with Crippen LogP contribution in [-0.4, -0.2) is 31.2 Å². The Hall–Kier alpha value is -0.980. The minimum Gasteiger partial charge on any atom is -0.376 e. The number of nitrogens with one attached hydrogen (secondary N) is 1. The molecule has 0 spiro atoms. The lowest BCUT2D eigenvalue weighted by Crippen LogP contribution is -2.33. The van der Waals surface area contributed by atoms with Crippen LogP contribution in [0.25, 0.3) is 0 Å². The zero-order valence-corrected chi connectivity index (χ0v) is 13.4. The maximum atomic E-state index is 13.7. The number of rotatable bonds is 5. The molecule has 0 heterocycles. The molecule has 0 aromatic heterocycles. The summed E-state index contributed by atoms with van der Waals surface area (Å²) in [4.78, 5) is 11.9. The summed E-state index contributed by atoms with van der Waals surface area (Å²) in [5.74, 6) is -0.972. The summed E-state index contributed by atoms with van der Waals surface area (Å²) in [6, 6.07) is 4.94. The van der Waals surface area contributed by atoms with Crippen molar-refractivity contribution in [1.29, 1.82) is 0 Å². The first-order chi connectivity index (χ1) is 10.1. The molecule has 1 aliphatic carbocycles. The van der Waals surface area contributed by atoms with Crippen molar-refractivity contribution in [3.05, 3.63) is 34.1 Å². The summed E-state index contributed by atoms with van der Waals surface area (Å²) in [6.07, 6.45) is 4.13. The zero-order valence-electron chi connectivity index (χ0n) is 11.8. The van der Waals surface area contributed by atoms with Gasteiger partial charge >= 0.3 is 0 Å². The molecule has 0 saturated heterocycles. The van der Waals surface area contributed by atoms with E-state index < -0.39 is 11.7 Å². The quantitative estimate of drug-likeness (QED) is 0.795. The van der Waals surface area contributed by atoms with Crippen LogP contribution in [0.4, 0.5) is 4.39 Å². The molecule has 0 atom stereocenters. The SMILES string of the molecule is NC1CCC(OCCNC(=O)c2cccc(Br)c2F)CC1. The molecule has 0 aliphatic heterocycles. The van der Waals surface area contributed by atoms with Gasteiger partial charge in [-0.05, 0) is 53.7 Å². The van der Waals surface area contributed by atoms with Crippen LogP contribution >= 0.6 is 15.9 Å². The van der Waals surface area contributed by atoms with E-state index in [1.807, 2.05) is 0 Å². The molecule has 0 bridgehead atoms. The number of nitrogens with two attached hydrogens (primary N) is 1. The summed E-state index contributed by atoms with van der Waals surface area (Å²) in [5, 5.41) is 2.67. The molecular formula is C15H20BrFN2O2. The Morgan fingerprint density at radius 3 is 2.81 bits per heavy atom. The van der Waals surface area contributed by atoms with Gasteiger partial charge in [-0.25, -0.2) is 4.39 Å². The summed E-state index contributed by atoms with van der Waals surface area (Å²) in [7, 11) is 0. The smallest absolute Gasteiger partial charge is 0.254 e. The van der Waals surface area contributed by atoms with E-state index in [1.54, 1.807) is 12.1 Å². The zero-order chi connectivity index (χ0) is 15.2. The predicted octanol–water partition coefficient (Wildman–Crippen LogP) is 2.60. The number of amides is 1. The lowest BCUT2D eigenvalue weighted by molar-refractivity contribution is 0.0267. The summed E-state index contributed by atoms with van der Waals surface area (Å²) in [5.41, 5.74) is 5.87. The molecule has 1 saturated carbocycles. The fraction of sp³-hybridized carbons (Fsp3) is 0.533. The van der Waals surface area contributed by atoms with Gasteiger partial charge in [0.1, 0.15) is 5.82 Å². The van der Waals surface area contributed by atoms with Crippen LogP contribution < -0.4 is 11.1 Å². The molecule has 1 aliphatic rings. The highest BCUT2D eigenvalue weighted by atomic mass is 79.9. The predicted molar refractivity (Wildman–Crippen MR) is 82.6 cm³/mol. The third-order valence-corrected chi connectivity index (χ3v) is 4.27. The van der Waals surface area contributed by atoms with Crippen molar-refractivity contribution in [3.8, 4) is 0 Å². The lowest BCUT2D eigenvalue weighted by atomic mass is 9.94. The maximum Gasteiger partial charge on any atom is 0.254 e. The van der Waals surface area contributed by atoms with Gasteiger partial charge in [0.2, 0.25) is 0 Å². The average Bonchev–Trinajstić information content (AvgIpc) is 2.48. The van der Waals surface area contributed by atoms with E-state index in [2.05, 4.69) is 21.2 Å². The van der Waals surface area contributed by atoms with Crippen molar-refractivity contribution >= 4 is 21.8 Å². The fourth-order valence-electron chi connectivity index (χ4n) is 2.42. The molecule has 0 unspecified atom stereocenters. The Kier molecular flexibility index (Phi) is 6.14. The molecule has 3 N–H and O–H groups in total. The second-order valence-electron chi connectivity index (χ2n) is 5.26. The standard InChI is InChI=1S/C15H20BrFN2O2/c16-13-3-1-2-12(14(13)17)15(20)19-8-9-21-11-6-4-10(18)5-7-11/h1-3,10-11H,4-9,18H2,(H,19,20). The van der Waals surface area contributed by atoms with Crippen molar-refractivity contribution in [3.63, 3.8) is 0 Å². The molecule has 1 amide bonds.